The van der Waals surface area contributed by atoms with Crippen molar-refractivity contribution in [3.05, 3.63) is 12.7 Å². The summed E-state index contributed by atoms with van der Waals surface area (Å²) in [7, 11) is 0. The van der Waals surface area contributed by atoms with E-state index in [0.29, 0.717) is 6.10 Å². The Morgan fingerprint density at radius 2 is 2.14 bits per heavy atom. The highest BCUT2D eigenvalue weighted by atomic mass is 16.6. The highest BCUT2D eigenvalue weighted by Gasteiger charge is 2.36. The first-order chi connectivity index (χ1) is 6.81. The van der Waals surface area contributed by atoms with Crippen LogP contribution < -0.4 is 0 Å². The van der Waals surface area contributed by atoms with Crippen LogP contribution >= 0.6 is 0 Å². The van der Waals surface area contributed by atoms with Crippen LogP contribution in [0.4, 0.5) is 0 Å². The van der Waals surface area contributed by atoms with Gasteiger partial charge in [0.05, 0.1) is 18.3 Å². The summed E-state index contributed by atoms with van der Waals surface area (Å²) in [6, 6.07) is 0. The third-order valence-electron chi connectivity index (χ3n) is 3.00. The second-order valence-corrected chi connectivity index (χ2v) is 4.07. The van der Waals surface area contributed by atoms with E-state index in [-0.39, 0.29) is 18.3 Å². The fraction of sp³-hybridized carbons (Fsp3) is 0.818. The van der Waals surface area contributed by atoms with E-state index in [0.717, 1.165) is 32.3 Å². The number of epoxide rings is 1. The average molecular weight is 198 g/mol. The molecule has 0 spiro atoms. The zero-order chi connectivity index (χ0) is 9.97. The SMILES string of the molecule is C=C[C@@H]1O[C@@H]1CC[C@@H]1OCCC[C@H]1O. The Bertz CT molecular complexity index is 205. The Balaban J connectivity index is 1.67. The third kappa shape index (κ3) is 2.35. The number of hydrogen-bond donors (Lipinski definition) is 1. The van der Waals surface area contributed by atoms with E-state index in [4.69, 9.17) is 9.47 Å². The minimum absolute atomic E-state index is 0.0263. The van der Waals surface area contributed by atoms with Gasteiger partial charge in [0, 0.05) is 6.61 Å². The lowest BCUT2D eigenvalue weighted by Crippen LogP contribution is -2.34. The summed E-state index contributed by atoms with van der Waals surface area (Å²) < 4.78 is 10.8. The van der Waals surface area contributed by atoms with Gasteiger partial charge < -0.3 is 14.6 Å². The molecule has 0 aromatic rings. The number of aliphatic hydroxyl groups is 1. The van der Waals surface area contributed by atoms with Gasteiger partial charge in [-0.05, 0) is 25.7 Å². The van der Waals surface area contributed by atoms with Gasteiger partial charge >= 0.3 is 0 Å². The van der Waals surface area contributed by atoms with Gasteiger partial charge in [0.15, 0.2) is 0 Å². The van der Waals surface area contributed by atoms with Crippen LogP contribution in [-0.2, 0) is 9.47 Å². The summed E-state index contributed by atoms with van der Waals surface area (Å²) in [5.74, 6) is 0. The van der Waals surface area contributed by atoms with Crippen molar-refractivity contribution in [2.45, 2.75) is 50.1 Å². The predicted molar refractivity (Wildman–Crippen MR) is 53.1 cm³/mol. The van der Waals surface area contributed by atoms with Gasteiger partial charge in [-0.15, -0.1) is 6.58 Å². The maximum absolute atomic E-state index is 9.64. The lowest BCUT2D eigenvalue weighted by molar-refractivity contribution is -0.0779. The van der Waals surface area contributed by atoms with Crippen LogP contribution in [0.5, 0.6) is 0 Å². The lowest BCUT2D eigenvalue weighted by Gasteiger charge is -2.27. The maximum Gasteiger partial charge on any atom is 0.102 e. The van der Waals surface area contributed by atoms with Crippen LogP contribution in [-0.4, -0.2) is 36.1 Å². The van der Waals surface area contributed by atoms with Crippen LogP contribution in [0.1, 0.15) is 25.7 Å². The molecule has 2 aliphatic rings. The van der Waals surface area contributed by atoms with Crippen LogP contribution in [0.15, 0.2) is 12.7 Å². The summed E-state index contributed by atoms with van der Waals surface area (Å²) in [6.07, 6.45) is 5.88. The largest absolute Gasteiger partial charge is 0.390 e. The molecule has 0 aromatic carbocycles. The second-order valence-electron chi connectivity index (χ2n) is 4.07. The minimum atomic E-state index is -0.273. The van der Waals surface area contributed by atoms with E-state index < -0.39 is 0 Å². The van der Waals surface area contributed by atoms with Crippen molar-refractivity contribution in [2.75, 3.05) is 6.61 Å². The van der Waals surface area contributed by atoms with Crippen LogP contribution in [0.2, 0.25) is 0 Å². The van der Waals surface area contributed by atoms with E-state index in [2.05, 4.69) is 6.58 Å². The minimum Gasteiger partial charge on any atom is -0.390 e. The van der Waals surface area contributed by atoms with Crippen molar-refractivity contribution in [1.29, 1.82) is 0 Å². The van der Waals surface area contributed by atoms with E-state index in [9.17, 15) is 5.11 Å². The molecule has 14 heavy (non-hydrogen) atoms. The number of rotatable bonds is 4. The van der Waals surface area contributed by atoms with Gasteiger partial charge in [-0.1, -0.05) is 6.08 Å². The Kier molecular flexibility index (Phi) is 3.21. The van der Waals surface area contributed by atoms with Crippen molar-refractivity contribution in [2.24, 2.45) is 0 Å². The number of ether oxygens (including phenoxy) is 2. The predicted octanol–water partition coefficient (Wildman–Crippen LogP) is 1.26. The maximum atomic E-state index is 9.64. The Morgan fingerprint density at radius 1 is 1.36 bits per heavy atom. The smallest absolute Gasteiger partial charge is 0.102 e. The third-order valence-corrected chi connectivity index (χ3v) is 3.00. The Labute approximate surface area is 84.7 Å². The van der Waals surface area contributed by atoms with E-state index in [1.54, 1.807) is 0 Å². The molecule has 0 saturated carbocycles. The molecule has 0 aromatic heterocycles. The highest BCUT2D eigenvalue weighted by Crippen LogP contribution is 2.29. The molecule has 0 bridgehead atoms. The fourth-order valence-electron chi connectivity index (χ4n) is 2.02. The van der Waals surface area contributed by atoms with Crippen molar-refractivity contribution < 1.29 is 14.6 Å². The molecule has 80 valence electrons. The van der Waals surface area contributed by atoms with Gasteiger partial charge in [-0.3, -0.25) is 0 Å². The molecule has 2 saturated heterocycles. The molecule has 0 radical (unpaired) electrons. The molecule has 2 aliphatic heterocycles. The first-order valence-corrected chi connectivity index (χ1v) is 5.39. The number of aliphatic hydroxyl groups excluding tert-OH is 1. The summed E-state index contributed by atoms with van der Waals surface area (Å²) in [5, 5.41) is 9.64. The molecule has 0 unspecified atom stereocenters. The van der Waals surface area contributed by atoms with Gasteiger partial charge in [-0.2, -0.15) is 0 Å². The summed E-state index contributed by atoms with van der Waals surface area (Å²) >= 11 is 0. The zero-order valence-electron chi connectivity index (χ0n) is 8.39. The summed E-state index contributed by atoms with van der Waals surface area (Å²) in [6.45, 7) is 4.47. The Morgan fingerprint density at radius 3 is 2.79 bits per heavy atom. The van der Waals surface area contributed by atoms with Crippen LogP contribution in [0, 0.1) is 0 Å². The molecule has 3 heteroatoms. The van der Waals surface area contributed by atoms with Gasteiger partial charge in [0.1, 0.15) is 6.10 Å². The first kappa shape index (κ1) is 10.1. The molecule has 2 rings (SSSR count). The normalized spacial score (nSPS) is 42.1. The molecule has 3 nitrogen and oxygen atoms in total. The van der Waals surface area contributed by atoms with Crippen LogP contribution in [0.3, 0.4) is 0 Å². The summed E-state index contributed by atoms with van der Waals surface area (Å²) in [5.41, 5.74) is 0. The van der Waals surface area contributed by atoms with Gasteiger partial charge in [0.2, 0.25) is 0 Å². The standard InChI is InChI=1S/C11H18O3/c1-2-9-11(14-9)6-5-10-8(12)4-3-7-13-10/h2,8-12H,1,3-7H2/t8-,9+,10+,11-/m1/s1. The first-order valence-electron chi connectivity index (χ1n) is 5.39. The van der Waals surface area contributed by atoms with E-state index >= 15 is 0 Å². The van der Waals surface area contributed by atoms with E-state index in [1.807, 2.05) is 6.08 Å². The molecule has 0 amide bonds. The van der Waals surface area contributed by atoms with Gasteiger partial charge in [-0.25, -0.2) is 0 Å². The molecular formula is C11H18O3. The van der Waals surface area contributed by atoms with Crippen molar-refractivity contribution in [3.8, 4) is 0 Å². The molecular weight excluding hydrogens is 180 g/mol. The topological polar surface area (TPSA) is 42.0 Å². The summed E-state index contributed by atoms with van der Waals surface area (Å²) in [4.78, 5) is 0. The second kappa shape index (κ2) is 4.43. The number of hydrogen-bond acceptors (Lipinski definition) is 3. The van der Waals surface area contributed by atoms with Crippen LogP contribution in [0.25, 0.3) is 0 Å². The molecule has 4 atom stereocenters. The van der Waals surface area contributed by atoms with E-state index in [1.165, 1.54) is 0 Å². The zero-order valence-corrected chi connectivity index (χ0v) is 8.39. The Hall–Kier alpha value is -0.380. The molecule has 0 aliphatic carbocycles. The fourth-order valence-corrected chi connectivity index (χ4v) is 2.02. The highest BCUT2D eigenvalue weighted by molar-refractivity contribution is 4.98. The monoisotopic (exact) mass is 198 g/mol. The molecule has 2 heterocycles. The van der Waals surface area contributed by atoms with Crippen molar-refractivity contribution in [3.63, 3.8) is 0 Å². The molecule has 1 N–H and O–H groups in total. The van der Waals surface area contributed by atoms with Crippen molar-refractivity contribution >= 4 is 0 Å². The molecule has 2 fully saturated rings. The lowest BCUT2D eigenvalue weighted by atomic mass is 10.00. The average Bonchev–Trinajstić information content (AvgIpc) is 2.95. The van der Waals surface area contributed by atoms with Crippen molar-refractivity contribution in [1.82, 2.24) is 0 Å². The van der Waals surface area contributed by atoms with Gasteiger partial charge in [0.25, 0.3) is 0 Å². The quantitative estimate of drug-likeness (QED) is 0.546.